The summed E-state index contributed by atoms with van der Waals surface area (Å²) in [7, 11) is 4.33. The normalized spacial score (nSPS) is 29.1. The zero-order valence-electron chi connectivity index (χ0n) is 17.6. The number of nitrogens with zero attached hydrogens (tertiary/aromatic N) is 3. The molecule has 4 unspecified atom stereocenters. The van der Waals surface area contributed by atoms with Gasteiger partial charge in [0.15, 0.2) is 11.5 Å². The van der Waals surface area contributed by atoms with Crippen molar-refractivity contribution in [3.63, 3.8) is 0 Å². The summed E-state index contributed by atoms with van der Waals surface area (Å²) in [6.45, 7) is 0.101. The van der Waals surface area contributed by atoms with Crippen molar-refractivity contribution in [1.82, 2.24) is 14.9 Å². The van der Waals surface area contributed by atoms with E-state index in [4.69, 9.17) is 9.47 Å². The summed E-state index contributed by atoms with van der Waals surface area (Å²) >= 11 is 6.39. The third-order valence-corrected chi connectivity index (χ3v) is 6.62. The summed E-state index contributed by atoms with van der Waals surface area (Å²) < 4.78 is 10.8. The number of amides is 3. The lowest BCUT2D eigenvalue weighted by molar-refractivity contribution is -0.148. The Morgan fingerprint density at radius 1 is 1.06 bits per heavy atom. The fraction of sp³-hybridized carbons (Fsp3) is 0.579. The lowest BCUT2D eigenvalue weighted by Crippen LogP contribution is -2.66. The standard InChI is InChI=1S/C18H24BrN3O7.CH3Br/c1-20(7-23)18(27)22(3)21(2)14-12(13(19)15(24)17(26)16(14)25)9-4-5-10-11(6-9)29-8-28-10;1-2/h4-7,12-17,24-26H,8H2,1-3H3;1H3/t12?,13?,14-,15+,16?,17?;/m1./s1. The fourth-order valence-electron chi connectivity index (χ4n) is 3.77. The van der Waals surface area contributed by atoms with Crippen molar-refractivity contribution >= 4 is 44.3 Å². The van der Waals surface area contributed by atoms with Gasteiger partial charge in [-0.1, -0.05) is 37.9 Å². The molecule has 3 N–H and O–H groups in total. The fourth-order valence-corrected chi connectivity index (χ4v) is 4.70. The molecule has 6 atom stereocenters. The molecule has 1 heterocycles. The van der Waals surface area contributed by atoms with Crippen LogP contribution in [0.25, 0.3) is 0 Å². The number of carbonyl (C=O) groups excluding carboxylic acids is 2. The van der Waals surface area contributed by atoms with Gasteiger partial charge in [-0.05, 0) is 23.5 Å². The smallest absolute Gasteiger partial charge is 0.340 e. The first-order chi connectivity index (χ1) is 14.7. The number of hydrazine groups is 1. The molecule has 174 valence electrons. The Labute approximate surface area is 197 Å². The number of aliphatic hydroxyl groups is 3. The van der Waals surface area contributed by atoms with Crippen LogP contribution >= 0.6 is 31.9 Å². The number of alkyl halides is 2. The van der Waals surface area contributed by atoms with Gasteiger partial charge >= 0.3 is 6.03 Å². The van der Waals surface area contributed by atoms with Gasteiger partial charge in [-0.3, -0.25) is 14.7 Å². The molecule has 2 aliphatic rings. The lowest BCUT2D eigenvalue weighted by Gasteiger charge is -2.49. The maximum atomic E-state index is 12.4. The molecule has 31 heavy (non-hydrogen) atoms. The topological polar surface area (TPSA) is 123 Å². The van der Waals surface area contributed by atoms with Crippen molar-refractivity contribution in [2.24, 2.45) is 0 Å². The van der Waals surface area contributed by atoms with Gasteiger partial charge in [0, 0.05) is 27.1 Å². The van der Waals surface area contributed by atoms with E-state index in [2.05, 4.69) is 31.9 Å². The third kappa shape index (κ3) is 4.99. The van der Waals surface area contributed by atoms with Crippen LogP contribution in [0.3, 0.4) is 0 Å². The lowest BCUT2D eigenvalue weighted by atomic mass is 9.75. The molecule has 0 aromatic heterocycles. The maximum absolute atomic E-state index is 12.4. The summed E-state index contributed by atoms with van der Waals surface area (Å²) in [4.78, 5) is 23.6. The molecule has 3 rings (SSSR count). The van der Waals surface area contributed by atoms with Crippen LogP contribution in [0.4, 0.5) is 4.79 Å². The van der Waals surface area contributed by atoms with E-state index in [0.717, 1.165) is 4.90 Å². The predicted molar refractivity (Wildman–Crippen MR) is 119 cm³/mol. The zero-order valence-corrected chi connectivity index (χ0v) is 20.7. The number of benzene rings is 1. The summed E-state index contributed by atoms with van der Waals surface area (Å²) in [5, 5.41) is 34.2. The molecule has 0 bridgehead atoms. The van der Waals surface area contributed by atoms with E-state index in [0.29, 0.717) is 23.5 Å². The first-order valence-electron chi connectivity index (χ1n) is 9.33. The second kappa shape index (κ2) is 10.9. The number of ether oxygens (including phenoxy) is 2. The van der Waals surface area contributed by atoms with Crippen LogP contribution in [0.15, 0.2) is 18.2 Å². The highest BCUT2D eigenvalue weighted by molar-refractivity contribution is 9.09. The van der Waals surface area contributed by atoms with E-state index >= 15 is 0 Å². The molecular weight excluding hydrogens is 542 g/mol. The quantitative estimate of drug-likeness (QED) is 0.276. The van der Waals surface area contributed by atoms with Crippen molar-refractivity contribution in [2.75, 3.05) is 33.8 Å². The Morgan fingerprint density at radius 3 is 2.29 bits per heavy atom. The molecular formula is C19H27Br2N3O7. The van der Waals surface area contributed by atoms with Gasteiger partial charge in [-0.2, -0.15) is 0 Å². The number of urea groups is 1. The summed E-state index contributed by atoms with van der Waals surface area (Å²) in [6.07, 6.45) is -3.69. The largest absolute Gasteiger partial charge is 0.454 e. The minimum absolute atomic E-state index is 0.101. The van der Waals surface area contributed by atoms with Gasteiger partial charge < -0.3 is 24.8 Å². The van der Waals surface area contributed by atoms with Crippen LogP contribution in [0.2, 0.25) is 0 Å². The van der Waals surface area contributed by atoms with Crippen LogP contribution in [0, 0.1) is 0 Å². The minimum atomic E-state index is -1.44. The Hall–Kier alpha value is -1.44. The Bertz CT molecular complexity index is 787. The van der Waals surface area contributed by atoms with Crippen molar-refractivity contribution in [3.05, 3.63) is 23.8 Å². The number of rotatable bonds is 4. The number of carbonyl (C=O) groups is 2. The average molecular weight is 569 g/mol. The monoisotopic (exact) mass is 567 g/mol. The van der Waals surface area contributed by atoms with Crippen LogP contribution in [-0.4, -0.2) is 106 Å². The predicted octanol–water partition coefficient (Wildman–Crippen LogP) is 0.725. The van der Waals surface area contributed by atoms with Crippen LogP contribution in [0.1, 0.15) is 11.5 Å². The highest BCUT2D eigenvalue weighted by Crippen LogP contribution is 2.44. The molecule has 1 aromatic carbocycles. The van der Waals surface area contributed by atoms with Crippen LogP contribution in [-0.2, 0) is 4.79 Å². The Balaban J connectivity index is 0.00000166. The number of aliphatic hydroxyl groups excluding tert-OH is 3. The van der Waals surface area contributed by atoms with E-state index in [9.17, 15) is 24.9 Å². The molecule has 0 radical (unpaired) electrons. The van der Waals surface area contributed by atoms with Crippen molar-refractivity contribution in [2.45, 2.75) is 35.1 Å². The van der Waals surface area contributed by atoms with Gasteiger partial charge in [-0.15, -0.1) is 0 Å². The average Bonchev–Trinajstić information content (AvgIpc) is 3.27. The number of likely N-dealkylation sites (N-methyl/N-ethyl adjacent to an activating group) is 1. The molecule has 1 aliphatic carbocycles. The second-order valence-corrected chi connectivity index (χ2v) is 8.20. The Morgan fingerprint density at radius 2 is 1.68 bits per heavy atom. The first kappa shape index (κ1) is 25.8. The molecule has 1 fully saturated rings. The molecule has 0 saturated heterocycles. The summed E-state index contributed by atoms with van der Waals surface area (Å²) in [6, 6.07) is 3.83. The molecule has 12 heteroatoms. The number of hydrogen-bond donors (Lipinski definition) is 3. The zero-order chi connectivity index (χ0) is 23.5. The van der Waals surface area contributed by atoms with E-state index in [1.165, 1.54) is 24.1 Å². The summed E-state index contributed by atoms with van der Waals surface area (Å²) in [5.74, 6) is 2.39. The van der Waals surface area contributed by atoms with Gasteiger partial charge in [0.1, 0.15) is 12.2 Å². The molecule has 1 saturated carbocycles. The highest BCUT2D eigenvalue weighted by Gasteiger charge is 2.51. The number of hydrogen-bond acceptors (Lipinski definition) is 8. The summed E-state index contributed by atoms with van der Waals surface area (Å²) in [5.41, 5.74) is 0.711. The second-order valence-electron chi connectivity index (χ2n) is 7.14. The molecule has 10 nitrogen and oxygen atoms in total. The van der Waals surface area contributed by atoms with Crippen molar-refractivity contribution < 1.29 is 34.4 Å². The van der Waals surface area contributed by atoms with E-state index in [1.54, 1.807) is 25.2 Å². The number of imide groups is 1. The minimum Gasteiger partial charge on any atom is -0.454 e. The van der Waals surface area contributed by atoms with Crippen LogP contribution in [0.5, 0.6) is 11.5 Å². The number of halogens is 2. The van der Waals surface area contributed by atoms with Gasteiger partial charge in [0.2, 0.25) is 13.2 Å². The van der Waals surface area contributed by atoms with Gasteiger partial charge in [-0.25, -0.2) is 9.80 Å². The van der Waals surface area contributed by atoms with Gasteiger partial charge in [0.25, 0.3) is 0 Å². The highest BCUT2D eigenvalue weighted by atomic mass is 79.9. The number of fused-ring (bicyclic) bond motifs is 1. The molecule has 3 amide bonds. The van der Waals surface area contributed by atoms with E-state index in [1.807, 2.05) is 5.83 Å². The maximum Gasteiger partial charge on any atom is 0.340 e. The van der Waals surface area contributed by atoms with Gasteiger partial charge in [0.05, 0.1) is 17.0 Å². The Kier molecular flexibility index (Phi) is 9.10. The molecule has 1 aliphatic heterocycles. The molecule has 0 spiro atoms. The van der Waals surface area contributed by atoms with E-state index in [-0.39, 0.29) is 6.79 Å². The van der Waals surface area contributed by atoms with Crippen molar-refractivity contribution in [3.8, 4) is 11.5 Å². The molecule has 1 aromatic rings. The van der Waals surface area contributed by atoms with E-state index < -0.39 is 41.1 Å². The van der Waals surface area contributed by atoms with Crippen molar-refractivity contribution in [1.29, 1.82) is 0 Å². The third-order valence-electron chi connectivity index (χ3n) is 5.51. The first-order valence-corrected chi connectivity index (χ1v) is 11.8. The SMILES string of the molecule is CBr.CN(C=O)C(=O)N(C)N(C)[C@H]1C(O)C(O)[C@@H](O)C(Br)C1c1ccc2c(c1)OCO2. The van der Waals surface area contributed by atoms with Crippen LogP contribution < -0.4 is 9.47 Å².